The van der Waals surface area contributed by atoms with Gasteiger partial charge in [-0.2, -0.15) is 0 Å². The maximum atomic E-state index is 10.8. The van der Waals surface area contributed by atoms with E-state index in [1.165, 1.54) is 25.7 Å². The lowest BCUT2D eigenvalue weighted by Crippen LogP contribution is -2.42. The molecule has 1 aliphatic heterocycles. The molecule has 6 nitrogen and oxygen atoms in total. The highest BCUT2D eigenvalue weighted by Gasteiger charge is 2.43. The molecule has 144 valence electrons. The summed E-state index contributed by atoms with van der Waals surface area (Å²) < 4.78 is 5.36. The van der Waals surface area contributed by atoms with Crippen molar-refractivity contribution in [2.75, 3.05) is 26.2 Å². The van der Waals surface area contributed by atoms with E-state index in [0.29, 0.717) is 17.7 Å². The second-order valence-corrected chi connectivity index (χ2v) is 7.10. The summed E-state index contributed by atoms with van der Waals surface area (Å²) in [5.41, 5.74) is 6.72. The Labute approximate surface area is 172 Å². The summed E-state index contributed by atoms with van der Waals surface area (Å²) in [6, 6.07) is 7.66. The monoisotopic (exact) mass is 472 g/mol. The molecule has 7 heteroatoms. The van der Waals surface area contributed by atoms with E-state index in [-0.39, 0.29) is 30.6 Å². The van der Waals surface area contributed by atoms with Crippen LogP contribution in [0.15, 0.2) is 29.3 Å². The first kappa shape index (κ1) is 20.8. The highest BCUT2D eigenvalue weighted by Crippen LogP contribution is 2.47. The third kappa shape index (κ3) is 5.25. The van der Waals surface area contributed by atoms with E-state index in [0.717, 1.165) is 31.2 Å². The molecule has 0 unspecified atom stereocenters. The first-order valence-electron chi connectivity index (χ1n) is 9.13. The smallest absolute Gasteiger partial charge is 0.255 e. The van der Waals surface area contributed by atoms with Gasteiger partial charge in [-0.15, -0.1) is 24.0 Å². The quantitative estimate of drug-likeness (QED) is 0.379. The van der Waals surface area contributed by atoms with Crippen LogP contribution in [-0.4, -0.2) is 43.0 Å². The van der Waals surface area contributed by atoms with E-state index in [2.05, 4.69) is 17.1 Å². The number of ether oxygens (including phenoxy) is 1. The van der Waals surface area contributed by atoms with E-state index < -0.39 is 5.91 Å². The molecule has 1 saturated carbocycles. The number of nitrogens with two attached hydrogens (primary N) is 1. The number of halogens is 1. The number of hydrogen-bond acceptors (Lipinski definition) is 3. The van der Waals surface area contributed by atoms with Gasteiger partial charge in [0.25, 0.3) is 5.91 Å². The van der Waals surface area contributed by atoms with E-state index in [4.69, 9.17) is 15.5 Å². The Hall–Kier alpha value is -1.51. The number of likely N-dealkylation sites (tertiary alicyclic amines) is 1. The van der Waals surface area contributed by atoms with Gasteiger partial charge in [0.05, 0.1) is 6.54 Å². The fourth-order valence-corrected chi connectivity index (χ4v) is 3.68. The van der Waals surface area contributed by atoms with Gasteiger partial charge in [-0.25, -0.2) is 4.99 Å². The third-order valence-corrected chi connectivity index (χ3v) is 5.18. The first-order valence-corrected chi connectivity index (χ1v) is 9.13. The molecule has 26 heavy (non-hydrogen) atoms. The molecular weight excluding hydrogens is 443 g/mol. The fourth-order valence-electron chi connectivity index (χ4n) is 3.68. The lowest BCUT2D eigenvalue weighted by Gasteiger charge is -2.38. The first-order chi connectivity index (χ1) is 12.1. The van der Waals surface area contributed by atoms with Crippen LogP contribution in [0.4, 0.5) is 0 Å². The predicted octanol–water partition coefficient (Wildman–Crippen LogP) is 2.51. The Morgan fingerprint density at radius 2 is 2.19 bits per heavy atom. The molecule has 2 fully saturated rings. The Bertz CT molecular complexity index is 646. The highest BCUT2D eigenvalue weighted by atomic mass is 127. The SMILES string of the molecule is CCNC(=NCc1cccc(OCC(N)=O)c1)N1CCC2(CCC2)C1.I. The number of primary amides is 1. The van der Waals surface area contributed by atoms with Gasteiger partial charge in [0.1, 0.15) is 5.75 Å². The van der Waals surface area contributed by atoms with Gasteiger partial charge in [0.2, 0.25) is 0 Å². The molecule has 1 heterocycles. The van der Waals surface area contributed by atoms with Crippen LogP contribution < -0.4 is 15.8 Å². The Morgan fingerprint density at radius 1 is 1.38 bits per heavy atom. The number of nitrogens with zero attached hydrogens (tertiary/aromatic N) is 2. The summed E-state index contributed by atoms with van der Waals surface area (Å²) in [5.74, 6) is 1.16. The molecular formula is C19H29IN4O2. The van der Waals surface area contributed by atoms with Gasteiger partial charge >= 0.3 is 0 Å². The number of benzene rings is 1. The summed E-state index contributed by atoms with van der Waals surface area (Å²) in [6.45, 7) is 5.66. The van der Waals surface area contributed by atoms with Crippen molar-refractivity contribution in [3.63, 3.8) is 0 Å². The zero-order valence-corrected chi connectivity index (χ0v) is 17.7. The van der Waals surface area contributed by atoms with Crippen LogP contribution in [0.2, 0.25) is 0 Å². The van der Waals surface area contributed by atoms with E-state index in [1.54, 1.807) is 0 Å². The number of guanidine groups is 1. The summed E-state index contributed by atoms with van der Waals surface area (Å²) >= 11 is 0. The summed E-state index contributed by atoms with van der Waals surface area (Å²) in [4.78, 5) is 18.0. The average molecular weight is 472 g/mol. The van der Waals surface area contributed by atoms with Crippen LogP contribution in [0.5, 0.6) is 5.75 Å². The molecule has 1 aliphatic carbocycles. The maximum Gasteiger partial charge on any atom is 0.255 e. The third-order valence-electron chi connectivity index (χ3n) is 5.18. The number of nitrogens with one attached hydrogen (secondary N) is 1. The molecule has 1 aromatic carbocycles. The van der Waals surface area contributed by atoms with Gasteiger partial charge in [0.15, 0.2) is 12.6 Å². The zero-order valence-electron chi connectivity index (χ0n) is 15.4. The fraction of sp³-hybridized carbons (Fsp3) is 0.579. The van der Waals surface area contributed by atoms with Crippen LogP contribution in [-0.2, 0) is 11.3 Å². The predicted molar refractivity (Wildman–Crippen MR) is 114 cm³/mol. The molecule has 0 bridgehead atoms. The van der Waals surface area contributed by atoms with Crippen LogP contribution in [0.1, 0.15) is 38.2 Å². The number of carbonyl (C=O) groups excluding carboxylic acids is 1. The van der Waals surface area contributed by atoms with Gasteiger partial charge in [-0.3, -0.25) is 4.79 Å². The maximum absolute atomic E-state index is 10.8. The topological polar surface area (TPSA) is 80.0 Å². The van der Waals surface area contributed by atoms with E-state index in [9.17, 15) is 4.79 Å². The van der Waals surface area contributed by atoms with Crippen molar-refractivity contribution in [2.45, 2.75) is 39.2 Å². The largest absolute Gasteiger partial charge is 0.484 e. The highest BCUT2D eigenvalue weighted by molar-refractivity contribution is 14.0. The van der Waals surface area contributed by atoms with E-state index in [1.807, 2.05) is 24.3 Å². The van der Waals surface area contributed by atoms with Crippen LogP contribution in [0, 0.1) is 5.41 Å². The summed E-state index contributed by atoms with van der Waals surface area (Å²) in [7, 11) is 0. The summed E-state index contributed by atoms with van der Waals surface area (Å²) in [5, 5.41) is 3.42. The molecule has 3 rings (SSSR count). The van der Waals surface area contributed by atoms with Crippen molar-refractivity contribution in [3.05, 3.63) is 29.8 Å². The lowest BCUT2D eigenvalue weighted by molar-refractivity contribution is -0.119. The van der Waals surface area contributed by atoms with Gasteiger partial charge in [-0.05, 0) is 49.3 Å². The molecule has 1 aromatic rings. The van der Waals surface area contributed by atoms with Crippen LogP contribution >= 0.6 is 24.0 Å². The number of aliphatic imine (C=N–C) groups is 1. The van der Waals surface area contributed by atoms with Crippen molar-refractivity contribution < 1.29 is 9.53 Å². The molecule has 0 atom stereocenters. The molecule has 1 amide bonds. The standard InChI is InChI=1S/C19H28N4O2.HI/c1-2-21-18(23-10-9-19(14-23)7-4-8-19)22-12-15-5-3-6-16(11-15)25-13-17(20)24;/h3,5-6,11H,2,4,7-10,12-14H2,1H3,(H2,20,24)(H,21,22);1H. The van der Waals surface area contributed by atoms with Crippen molar-refractivity contribution >= 4 is 35.8 Å². The molecule has 1 spiro atoms. The van der Waals surface area contributed by atoms with Crippen molar-refractivity contribution in [3.8, 4) is 5.75 Å². The molecule has 1 saturated heterocycles. The van der Waals surface area contributed by atoms with E-state index >= 15 is 0 Å². The van der Waals surface area contributed by atoms with Gasteiger partial charge in [0, 0.05) is 19.6 Å². The van der Waals surface area contributed by atoms with Crippen LogP contribution in [0.3, 0.4) is 0 Å². The molecule has 0 radical (unpaired) electrons. The van der Waals surface area contributed by atoms with Gasteiger partial charge in [-0.1, -0.05) is 18.6 Å². The number of hydrogen-bond donors (Lipinski definition) is 2. The Balaban J connectivity index is 0.00000243. The summed E-state index contributed by atoms with van der Waals surface area (Å²) in [6.07, 6.45) is 5.39. The molecule has 0 aromatic heterocycles. The normalized spacial score (nSPS) is 18.2. The second kappa shape index (κ2) is 9.43. The molecule has 2 aliphatic rings. The zero-order chi connectivity index (χ0) is 17.7. The van der Waals surface area contributed by atoms with Crippen LogP contribution in [0.25, 0.3) is 0 Å². The minimum Gasteiger partial charge on any atom is -0.484 e. The van der Waals surface area contributed by atoms with Crippen molar-refractivity contribution in [1.29, 1.82) is 0 Å². The Morgan fingerprint density at radius 3 is 2.81 bits per heavy atom. The average Bonchev–Trinajstić information content (AvgIpc) is 3.03. The number of carbonyl (C=O) groups is 1. The number of amides is 1. The minimum absolute atomic E-state index is 0. The van der Waals surface area contributed by atoms with Crippen molar-refractivity contribution in [1.82, 2.24) is 10.2 Å². The Kier molecular flexibility index (Phi) is 7.55. The lowest BCUT2D eigenvalue weighted by atomic mass is 9.68. The van der Waals surface area contributed by atoms with Gasteiger partial charge < -0.3 is 20.7 Å². The minimum atomic E-state index is -0.475. The molecule has 3 N–H and O–H groups in total. The van der Waals surface area contributed by atoms with Crippen molar-refractivity contribution in [2.24, 2.45) is 16.1 Å². The number of rotatable bonds is 6. The second-order valence-electron chi connectivity index (χ2n) is 7.10.